The molecule has 0 spiro atoms. The highest BCUT2D eigenvalue weighted by molar-refractivity contribution is 7.47. The van der Waals surface area contributed by atoms with Crippen LogP contribution in [-0.4, -0.2) is 96.7 Å². The minimum Gasteiger partial charge on any atom is -0.462 e. The van der Waals surface area contributed by atoms with Gasteiger partial charge in [0.05, 0.1) is 26.4 Å². The number of phosphoric ester groups is 2. The fourth-order valence-corrected chi connectivity index (χ4v) is 13.9. The van der Waals surface area contributed by atoms with E-state index in [2.05, 4.69) is 48.5 Å². The van der Waals surface area contributed by atoms with Crippen molar-refractivity contribution in [1.82, 2.24) is 0 Å². The van der Waals surface area contributed by atoms with Crippen LogP contribution < -0.4 is 0 Å². The summed E-state index contributed by atoms with van der Waals surface area (Å²) >= 11 is 0. The van der Waals surface area contributed by atoms with Crippen molar-refractivity contribution >= 4 is 39.5 Å². The van der Waals surface area contributed by atoms with Crippen LogP contribution in [0.25, 0.3) is 0 Å². The first-order valence-corrected chi connectivity index (χ1v) is 44.3. The average Bonchev–Trinajstić information content (AvgIpc) is 1.01. The molecule has 5 atom stereocenters. The van der Waals surface area contributed by atoms with Crippen molar-refractivity contribution in [1.29, 1.82) is 0 Å². The van der Waals surface area contributed by atoms with E-state index in [1.807, 2.05) is 0 Å². The smallest absolute Gasteiger partial charge is 0.462 e. The Kier molecular flexibility index (Phi) is 69.0. The number of aliphatic hydroxyl groups is 1. The summed E-state index contributed by atoms with van der Waals surface area (Å²) in [5.74, 6) is 0.202. The minimum atomic E-state index is -4.96. The molecular formula is C80H156O17P2. The lowest BCUT2D eigenvalue weighted by molar-refractivity contribution is -0.161. The summed E-state index contributed by atoms with van der Waals surface area (Å²) in [5.41, 5.74) is 0. The Bertz CT molecular complexity index is 1920. The van der Waals surface area contributed by atoms with Gasteiger partial charge < -0.3 is 33.8 Å². The number of phosphoric acid groups is 2. The van der Waals surface area contributed by atoms with E-state index in [1.54, 1.807) is 0 Å². The Morgan fingerprint density at radius 3 is 0.687 bits per heavy atom. The molecule has 0 fully saturated rings. The standard InChI is InChI=1S/C80H156O17P2/c1-8-9-10-11-12-13-14-21-29-34-41-49-56-63-79(84)97-76(68-91-78(83)62-55-48-43-36-39-46-53-60-73(6)7)70-95-99(88,89)93-66-74(81)65-92-98(86,87)94-69-75(67-90-77(82)61-54-47-40-33-28-24-20-19-23-27-32-38-45-52-59-72(4)5)96-80(85)64-57-50-42-35-30-25-18-16-15-17-22-26-31-37-44-51-58-71(2)3/h71-76,81H,8-70H2,1-7H3,(H,86,87)(H,88,89)/t74-,75-,76-/m1/s1. The molecule has 0 radical (unpaired) electrons. The predicted molar refractivity (Wildman–Crippen MR) is 405 cm³/mol. The molecule has 19 heteroatoms. The van der Waals surface area contributed by atoms with E-state index in [1.165, 1.54) is 218 Å². The maximum atomic E-state index is 13.1. The zero-order chi connectivity index (χ0) is 73.0. The number of unbranched alkanes of at least 4 members (excludes halogenated alkanes) is 46. The molecule has 0 bridgehead atoms. The van der Waals surface area contributed by atoms with E-state index < -0.39 is 97.5 Å². The Morgan fingerprint density at radius 2 is 0.465 bits per heavy atom. The van der Waals surface area contributed by atoms with Crippen molar-refractivity contribution in [3.63, 3.8) is 0 Å². The topological polar surface area (TPSA) is 237 Å². The van der Waals surface area contributed by atoms with E-state index in [0.29, 0.717) is 31.6 Å². The summed E-state index contributed by atoms with van der Waals surface area (Å²) in [5, 5.41) is 10.6. The first kappa shape index (κ1) is 97.1. The second-order valence-electron chi connectivity index (χ2n) is 30.2. The molecule has 0 aromatic rings. The zero-order valence-electron chi connectivity index (χ0n) is 65.0. The van der Waals surface area contributed by atoms with Crippen LogP contribution in [0.3, 0.4) is 0 Å². The molecular weight excluding hydrogens is 1290 g/mol. The van der Waals surface area contributed by atoms with E-state index in [9.17, 15) is 43.2 Å². The van der Waals surface area contributed by atoms with Gasteiger partial charge in [0.15, 0.2) is 12.2 Å². The van der Waals surface area contributed by atoms with Gasteiger partial charge in [-0.1, -0.05) is 363 Å². The van der Waals surface area contributed by atoms with Gasteiger partial charge in [-0.2, -0.15) is 0 Å². The third-order valence-corrected chi connectivity index (χ3v) is 20.5. The van der Waals surface area contributed by atoms with Crippen LogP contribution >= 0.6 is 15.6 Å². The lowest BCUT2D eigenvalue weighted by Crippen LogP contribution is -2.30. The molecule has 0 saturated heterocycles. The van der Waals surface area contributed by atoms with Gasteiger partial charge in [0.1, 0.15) is 19.3 Å². The van der Waals surface area contributed by atoms with Crippen LogP contribution in [0.15, 0.2) is 0 Å². The van der Waals surface area contributed by atoms with Gasteiger partial charge in [-0.05, 0) is 43.4 Å². The van der Waals surface area contributed by atoms with Crippen molar-refractivity contribution in [2.45, 2.75) is 433 Å². The highest BCUT2D eigenvalue weighted by Gasteiger charge is 2.30. The van der Waals surface area contributed by atoms with E-state index >= 15 is 0 Å². The normalized spacial score (nSPS) is 14.0. The van der Waals surface area contributed by atoms with Crippen LogP contribution in [0.4, 0.5) is 0 Å². The molecule has 17 nitrogen and oxygen atoms in total. The molecule has 0 aromatic carbocycles. The number of carbonyl (C=O) groups excluding carboxylic acids is 4. The van der Waals surface area contributed by atoms with Gasteiger partial charge >= 0.3 is 39.5 Å². The summed E-state index contributed by atoms with van der Waals surface area (Å²) in [6.45, 7) is 11.9. The van der Waals surface area contributed by atoms with Crippen LogP contribution in [0.2, 0.25) is 0 Å². The summed E-state index contributed by atoms with van der Waals surface area (Å²) in [4.78, 5) is 73.0. The molecule has 0 heterocycles. The monoisotopic (exact) mass is 1450 g/mol. The van der Waals surface area contributed by atoms with E-state index in [0.717, 1.165) is 108 Å². The molecule has 0 aliphatic heterocycles. The zero-order valence-corrected chi connectivity index (χ0v) is 66.8. The second kappa shape index (κ2) is 70.4. The summed E-state index contributed by atoms with van der Waals surface area (Å²) in [6.07, 6.45) is 58.3. The van der Waals surface area contributed by atoms with Crippen molar-refractivity contribution in [3.8, 4) is 0 Å². The highest BCUT2D eigenvalue weighted by Crippen LogP contribution is 2.45. The van der Waals surface area contributed by atoms with Crippen molar-refractivity contribution in [2.75, 3.05) is 39.6 Å². The summed E-state index contributed by atoms with van der Waals surface area (Å²) < 4.78 is 68.7. The average molecular weight is 1450 g/mol. The molecule has 99 heavy (non-hydrogen) atoms. The number of aliphatic hydroxyl groups excluding tert-OH is 1. The first-order chi connectivity index (χ1) is 47.7. The van der Waals surface area contributed by atoms with Crippen molar-refractivity contribution in [3.05, 3.63) is 0 Å². The maximum Gasteiger partial charge on any atom is 0.472 e. The number of hydrogen-bond acceptors (Lipinski definition) is 15. The fraction of sp³-hybridized carbons (Fsp3) is 0.950. The number of rotatable bonds is 78. The Morgan fingerprint density at radius 1 is 0.273 bits per heavy atom. The fourth-order valence-electron chi connectivity index (χ4n) is 12.3. The number of carbonyl (C=O) groups is 4. The van der Waals surface area contributed by atoms with Crippen LogP contribution in [0.1, 0.15) is 414 Å². The van der Waals surface area contributed by atoms with Gasteiger partial charge in [0, 0.05) is 25.7 Å². The van der Waals surface area contributed by atoms with Crippen LogP contribution in [0.5, 0.6) is 0 Å². The van der Waals surface area contributed by atoms with Gasteiger partial charge in [-0.3, -0.25) is 37.3 Å². The van der Waals surface area contributed by atoms with E-state index in [-0.39, 0.29) is 25.7 Å². The highest BCUT2D eigenvalue weighted by atomic mass is 31.2. The number of esters is 4. The van der Waals surface area contributed by atoms with Gasteiger partial charge in [-0.25, -0.2) is 9.13 Å². The SMILES string of the molecule is CCCCCCCCCCCCCCCC(=O)O[C@H](COC(=O)CCCCCCCCCC(C)C)COP(=O)(O)OC[C@H](O)COP(=O)(O)OC[C@@H](COC(=O)CCCCCCCCCCCCCCCCC(C)C)OC(=O)CCCCCCCCCCCCCCCCCCC(C)C. The van der Waals surface area contributed by atoms with Crippen LogP contribution in [-0.2, 0) is 65.4 Å². The van der Waals surface area contributed by atoms with E-state index in [4.69, 9.17) is 37.0 Å². The summed E-state index contributed by atoms with van der Waals surface area (Å²) in [7, 11) is -9.92. The van der Waals surface area contributed by atoms with Gasteiger partial charge in [0.25, 0.3) is 0 Å². The largest absolute Gasteiger partial charge is 0.472 e. The lowest BCUT2D eigenvalue weighted by atomic mass is 10.0. The van der Waals surface area contributed by atoms with Gasteiger partial charge in [-0.15, -0.1) is 0 Å². The summed E-state index contributed by atoms with van der Waals surface area (Å²) in [6, 6.07) is 0. The molecule has 0 saturated carbocycles. The molecule has 2 unspecified atom stereocenters. The van der Waals surface area contributed by atoms with Crippen LogP contribution in [0, 0.1) is 17.8 Å². The lowest BCUT2D eigenvalue weighted by Gasteiger charge is -2.21. The molecule has 0 aliphatic carbocycles. The molecule has 588 valence electrons. The van der Waals surface area contributed by atoms with Crippen molar-refractivity contribution in [2.24, 2.45) is 17.8 Å². The quantitative estimate of drug-likeness (QED) is 0.0222. The maximum absolute atomic E-state index is 13.1. The number of ether oxygens (including phenoxy) is 4. The molecule has 0 aromatic heterocycles. The molecule has 0 rings (SSSR count). The Balaban J connectivity index is 5.24. The molecule has 0 aliphatic rings. The third-order valence-electron chi connectivity index (χ3n) is 18.6. The minimum absolute atomic E-state index is 0.107. The second-order valence-corrected chi connectivity index (χ2v) is 33.1. The van der Waals surface area contributed by atoms with Gasteiger partial charge in [0.2, 0.25) is 0 Å². The van der Waals surface area contributed by atoms with Crippen molar-refractivity contribution < 1.29 is 80.2 Å². The first-order valence-electron chi connectivity index (χ1n) is 41.3. The Labute approximate surface area is 607 Å². The Hall–Kier alpha value is -1.94. The molecule has 0 amide bonds. The third kappa shape index (κ3) is 74.1. The molecule has 3 N–H and O–H groups in total. The number of hydrogen-bond donors (Lipinski definition) is 3. The predicted octanol–water partition coefficient (Wildman–Crippen LogP) is 23.7.